The van der Waals surface area contributed by atoms with Crippen molar-refractivity contribution in [3.63, 3.8) is 0 Å². The molecule has 0 saturated heterocycles. The fourth-order valence-electron chi connectivity index (χ4n) is 1.92. The largest absolute Gasteiger partial charge is 0.500 e. The molecule has 0 amide bonds. The molecule has 0 atom stereocenters. The minimum Gasteiger partial charge on any atom is -0.397 e. The topological polar surface area (TPSA) is 98.2 Å². The Hall–Kier alpha value is 0.154. The second-order valence-electron chi connectivity index (χ2n) is 4.81. The molecular formula is C14H38N2O5Si2. The van der Waals surface area contributed by atoms with Crippen molar-refractivity contribution in [2.24, 2.45) is 11.5 Å². The molecule has 0 unspecified atom stereocenters. The van der Waals surface area contributed by atoms with E-state index in [1.54, 1.807) is 21.3 Å². The Morgan fingerprint density at radius 2 is 1.26 bits per heavy atom. The number of rotatable bonds is 14. The lowest BCUT2D eigenvalue weighted by Gasteiger charge is -2.23. The summed E-state index contributed by atoms with van der Waals surface area (Å²) in [5, 5.41) is 0. The maximum Gasteiger partial charge on any atom is 0.500 e. The van der Waals surface area contributed by atoms with Gasteiger partial charge in [-0.25, -0.2) is 0 Å². The maximum absolute atomic E-state index is 5.50. The predicted molar refractivity (Wildman–Crippen MR) is 98.8 cm³/mol. The van der Waals surface area contributed by atoms with Gasteiger partial charge in [-0.2, -0.15) is 0 Å². The zero-order valence-electron chi connectivity index (χ0n) is 15.6. The lowest BCUT2D eigenvalue weighted by Crippen LogP contribution is -2.42. The van der Waals surface area contributed by atoms with E-state index < -0.39 is 18.1 Å². The second-order valence-corrected chi connectivity index (χ2v) is 10.0. The van der Waals surface area contributed by atoms with E-state index in [1.807, 2.05) is 13.8 Å². The van der Waals surface area contributed by atoms with Crippen molar-refractivity contribution in [2.45, 2.75) is 45.2 Å². The van der Waals surface area contributed by atoms with Crippen LogP contribution in [0.1, 0.15) is 33.1 Å². The first kappa shape index (κ1) is 25.4. The third kappa shape index (κ3) is 14.2. The summed E-state index contributed by atoms with van der Waals surface area (Å²) in [4.78, 5) is 0. The standard InChI is InChI=1S/C8H21NO2Si.C6H17NO3Si/c1-3-10-12(11-4-2)8-6-5-7-9;1-8-11(9-2,10-3)6-4-5-7/h12H,3-9H2,1-2H3;4-7H2,1-3H3. The fraction of sp³-hybridized carbons (Fsp3) is 1.00. The first-order chi connectivity index (χ1) is 11.1. The molecule has 0 rings (SSSR count). The van der Waals surface area contributed by atoms with Crippen LogP contribution in [0.25, 0.3) is 0 Å². The maximum atomic E-state index is 5.50. The van der Waals surface area contributed by atoms with Gasteiger partial charge >= 0.3 is 18.1 Å². The summed E-state index contributed by atoms with van der Waals surface area (Å²) in [6.07, 6.45) is 3.11. The van der Waals surface area contributed by atoms with E-state index in [-0.39, 0.29) is 0 Å². The Morgan fingerprint density at radius 3 is 1.61 bits per heavy atom. The van der Waals surface area contributed by atoms with Crippen LogP contribution >= 0.6 is 0 Å². The van der Waals surface area contributed by atoms with Crippen molar-refractivity contribution in [1.29, 1.82) is 0 Å². The van der Waals surface area contributed by atoms with E-state index in [2.05, 4.69) is 0 Å². The van der Waals surface area contributed by atoms with E-state index in [4.69, 9.17) is 33.6 Å². The summed E-state index contributed by atoms with van der Waals surface area (Å²) in [5.74, 6) is 0. The first-order valence-electron chi connectivity index (χ1n) is 8.38. The molecule has 0 fully saturated rings. The van der Waals surface area contributed by atoms with Crippen molar-refractivity contribution in [2.75, 3.05) is 47.6 Å². The molecule has 0 spiro atoms. The molecule has 0 aromatic heterocycles. The summed E-state index contributed by atoms with van der Waals surface area (Å²) in [6.45, 7) is 7.01. The van der Waals surface area contributed by atoms with Crippen molar-refractivity contribution in [3.05, 3.63) is 0 Å². The van der Waals surface area contributed by atoms with Crippen molar-refractivity contribution in [3.8, 4) is 0 Å². The van der Waals surface area contributed by atoms with Crippen LogP contribution in [0.4, 0.5) is 0 Å². The highest BCUT2D eigenvalue weighted by molar-refractivity contribution is 6.60. The Kier molecular flexibility index (Phi) is 20.4. The quantitative estimate of drug-likeness (QED) is 0.350. The molecule has 0 aliphatic heterocycles. The summed E-state index contributed by atoms with van der Waals surface area (Å²) in [5.41, 5.74) is 10.8. The van der Waals surface area contributed by atoms with Gasteiger partial charge in [0.2, 0.25) is 0 Å². The lowest BCUT2D eigenvalue weighted by molar-refractivity contribution is 0.123. The third-order valence-corrected chi connectivity index (χ3v) is 8.34. The Bertz CT molecular complexity index is 223. The van der Waals surface area contributed by atoms with Crippen LogP contribution in [0.3, 0.4) is 0 Å². The third-order valence-electron chi connectivity index (χ3n) is 3.22. The summed E-state index contributed by atoms with van der Waals surface area (Å²) >= 11 is 0. The number of hydrogen-bond donors (Lipinski definition) is 2. The fourth-order valence-corrected chi connectivity index (χ4v) is 5.46. The molecule has 0 aromatic carbocycles. The molecule has 0 aromatic rings. The average Bonchev–Trinajstić information content (AvgIpc) is 2.58. The van der Waals surface area contributed by atoms with Crippen LogP contribution in [0.15, 0.2) is 0 Å². The van der Waals surface area contributed by atoms with Gasteiger partial charge in [-0.15, -0.1) is 0 Å². The van der Waals surface area contributed by atoms with Gasteiger partial charge in [0.05, 0.1) is 0 Å². The van der Waals surface area contributed by atoms with Crippen molar-refractivity contribution in [1.82, 2.24) is 0 Å². The number of nitrogens with two attached hydrogens (primary N) is 2. The Labute approximate surface area is 145 Å². The molecule has 0 aliphatic carbocycles. The number of hydrogen-bond acceptors (Lipinski definition) is 7. The molecule has 0 aliphatic rings. The van der Waals surface area contributed by atoms with Crippen LogP contribution < -0.4 is 11.5 Å². The smallest absolute Gasteiger partial charge is 0.397 e. The van der Waals surface area contributed by atoms with Crippen LogP contribution in [0, 0.1) is 0 Å². The van der Waals surface area contributed by atoms with Gasteiger partial charge in [-0.1, -0.05) is 6.42 Å². The molecule has 0 bridgehead atoms. The number of unbranched alkanes of at least 4 members (excludes halogenated alkanes) is 1. The van der Waals surface area contributed by atoms with Gasteiger partial charge in [0.25, 0.3) is 0 Å². The lowest BCUT2D eigenvalue weighted by atomic mass is 10.3. The summed E-state index contributed by atoms with van der Waals surface area (Å²) in [7, 11) is 1.18. The van der Waals surface area contributed by atoms with E-state index in [9.17, 15) is 0 Å². The van der Waals surface area contributed by atoms with Gasteiger partial charge in [0, 0.05) is 40.6 Å². The molecule has 0 heterocycles. The first-order valence-corrected chi connectivity index (χ1v) is 12.1. The SMILES string of the molecule is CCO[SiH](CCCCN)OCC.CO[Si](CCCN)(OC)OC. The van der Waals surface area contributed by atoms with Gasteiger partial charge in [0.1, 0.15) is 0 Å². The normalized spacial score (nSPS) is 11.5. The van der Waals surface area contributed by atoms with Gasteiger partial charge in [-0.3, -0.25) is 0 Å². The molecule has 4 N–H and O–H groups in total. The van der Waals surface area contributed by atoms with Crippen LogP contribution in [-0.4, -0.2) is 65.7 Å². The molecule has 23 heavy (non-hydrogen) atoms. The van der Waals surface area contributed by atoms with E-state index in [0.29, 0.717) is 6.54 Å². The second kappa shape index (κ2) is 18.5. The summed E-state index contributed by atoms with van der Waals surface area (Å²) < 4.78 is 26.5. The molecule has 9 heteroatoms. The molecule has 7 nitrogen and oxygen atoms in total. The zero-order chi connectivity index (χ0) is 18.0. The van der Waals surface area contributed by atoms with E-state index in [0.717, 1.165) is 51.1 Å². The molecular weight excluding hydrogens is 332 g/mol. The highest BCUT2D eigenvalue weighted by atomic mass is 28.4. The van der Waals surface area contributed by atoms with Crippen LogP contribution in [0.2, 0.25) is 12.1 Å². The minimum atomic E-state index is -2.32. The average molecular weight is 371 g/mol. The zero-order valence-corrected chi connectivity index (χ0v) is 17.8. The van der Waals surface area contributed by atoms with Gasteiger partial charge < -0.3 is 33.6 Å². The molecule has 0 saturated carbocycles. The highest BCUT2D eigenvalue weighted by Gasteiger charge is 2.36. The van der Waals surface area contributed by atoms with E-state index >= 15 is 0 Å². The highest BCUT2D eigenvalue weighted by Crippen LogP contribution is 2.13. The van der Waals surface area contributed by atoms with Gasteiger partial charge in [-0.05, 0) is 45.8 Å². The van der Waals surface area contributed by atoms with Crippen molar-refractivity contribution >= 4 is 18.1 Å². The monoisotopic (exact) mass is 370 g/mol. The van der Waals surface area contributed by atoms with Crippen LogP contribution in [-0.2, 0) is 22.1 Å². The molecule has 142 valence electrons. The minimum absolute atomic E-state index is 0.644. The summed E-state index contributed by atoms with van der Waals surface area (Å²) in [6, 6.07) is 1.88. The predicted octanol–water partition coefficient (Wildman–Crippen LogP) is 1.23. The Balaban J connectivity index is 0. The molecule has 0 radical (unpaired) electrons. The van der Waals surface area contributed by atoms with E-state index in [1.165, 1.54) is 0 Å². The van der Waals surface area contributed by atoms with Crippen molar-refractivity contribution < 1.29 is 22.1 Å². The van der Waals surface area contributed by atoms with Crippen LogP contribution in [0.5, 0.6) is 0 Å². The van der Waals surface area contributed by atoms with Gasteiger partial charge in [0.15, 0.2) is 0 Å². The Morgan fingerprint density at radius 1 is 0.783 bits per heavy atom.